The van der Waals surface area contributed by atoms with E-state index in [0.29, 0.717) is 11.9 Å². The van der Waals surface area contributed by atoms with Crippen LogP contribution in [0, 0.1) is 0 Å². The van der Waals surface area contributed by atoms with Crippen LogP contribution in [0.5, 0.6) is 5.75 Å². The smallest absolute Gasteiger partial charge is 0.434 e. The maximum absolute atomic E-state index is 13.2. The van der Waals surface area contributed by atoms with Gasteiger partial charge in [0.25, 0.3) is 0 Å². The zero-order chi connectivity index (χ0) is 19.8. The zero-order valence-corrected chi connectivity index (χ0v) is 14.6. The lowest BCUT2D eigenvalue weighted by Crippen LogP contribution is -2.15. The number of halogens is 3. The first-order valence-electron chi connectivity index (χ1n) is 7.40. The van der Waals surface area contributed by atoms with Crippen LogP contribution in [0.1, 0.15) is 5.69 Å². The van der Waals surface area contributed by atoms with Gasteiger partial charge < -0.3 is 4.74 Å². The molecule has 0 fully saturated rings. The van der Waals surface area contributed by atoms with Crippen LogP contribution < -0.4 is 9.88 Å². The second kappa shape index (κ2) is 6.67. The van der Waals surface area contributed by atoms with Gasteiger partial charge in [-0.05, 0) is 24.3 Å². The second-order valence-electron chi connectivity index (χ2n) is 5.41. The molecular weight excluding hydrogens is 385 g/mol. The normalized spacial score (nSPS) is 12.2. The molecule has 2 N–H and O–H groups in total. The largest absolute Gasteiger partial charge is 0.495 e. The zero-order valence-electron chi connectivity index (χ0n) is 13.8. The lowest BCUT2D eigenvalue weighted by atomic mass is 10.3. The Morgan fingerprint density at radius 2 is 1.85 bits per heavy atom. The molecule has 1 aromatic carbocycles. The predicted octanol–water partition coefficient (Wildman–Crippen LogP) is 2.61. The highest BCUT2D eigenvalue weighted by molar-refractivity contribution is 7.89. The maximum Gasteiger partial charge on any atom is 0.434 e. The molecule has 0 saturated heterocycles. The van der Waals surface area contributed by atoms with E-state index in [0.717, 1.165) is 4.57 Å². The third-order valence-electron chi connectivity index (χ3n) is 3.63. The molecule has 0 radical (unpaired) electrons. The molecule has 0 spiro atoms. The van der Waals surface area contributed by atoms with E-state index < -0.39 is 21.9 Å². The summed E-state index contributed by atoms with van der Waals surface area (Å²) in [6.07, 6.45) is -2.72. The number of methoxy groups -OCH3 is 1. The Morgan fingerprint density at radius 1 is 1.15 bits per heavy atom. The summed E-state index contributed by atoms with van der Waals surface area (Å²) in [6.45, 7) is 0. The summed E-state index contributed by atoms with van der Waals surface area (Å²) in [5.41, 5.74) is -1.18. The van der Waals surface area contributed by atoms with Gasteiger partial charge in [0.1, 0.15) is 16.3 Å². The van der Waals surface area contributed by atoms with Crippen LogP contribution in [0.2, 0.25) is 0 Å². The SMILES string of the molecule is COc1ccc(-c2nc(C(F)(F)F)cn2-c2ccccc2S(N)(=O)=O)nc1. The van der Waals surface area contributed by atoms with Crippen LogP contribution in [0.25, 0.3) is 17.2 Å². The van der Waals surface area contributed by atoms with Crippen molar-refractivity contribution in [3.63, 3.8) is 0 Å². The average Bonchev–Trinajstić information content (AvgIpc) is 3.07. The monoisotopic (exact) mass is 398 g/mol. The van der Waals surface area contributed by atoms with E-state index in [-0.39, 0.29) is 22.1 Å². The van der Waals surface area contributed by atoms with Crippen molar-refractivity contribution in [2.75, 3.05) is 7.11 Å². The van der Waals surface area contributed by atoms with Gasteiger partial charge in [0, 0.05) is 6.20 Å². The van der Waals surface area contributed by atoms with Crippen molar-refractivity contribution in [2.45, 2.75) is 11.1 Å². The Bertz CT molecular complexity index is 1080. The first kappa shape index (κ1) is 18.9. The number of primary sulfonamides is 1. The lowest BCUT2D eigenvalue weighted by molar-refractivity contribution is -0.140. The third-order valence-corrected chi connectivity index (χ3v) is 4.59. The number of alkyl halides is 3. The molecule has 0 aliphatic rings. The van der Waals surface area contributed by atoms with Crippen LogP contribution in [-0.2, 0) is 16.2 Å². The Kier molecular flexibility index (Phi) is 4.66. The molecular formula is C16H13F3N4O3S. The van der Waals surface area contributed by atoms with E-state index in [2.05, 4.69) is 9.97 Å². The molecule has 2 aromatic heterocycles. The van der Waals surface area contributed by atoms with Gasteiger partial charge in [-0.15, -0.1) is 0 Å². The number of aromatic nitrogens is 3. The number of sulfonamides is 1. The van der Waals surface area contributed by atoms with E-state index in [1.165, 1.54) is 49.7 Å². The number of imidazole rings is 1. The minimum Gasteiger partial charge on any atom is -0.495 e. The Balaban J connectivity index is 2.28. The first-order valence-corrected chi connectivity index (χ1v) is 8.95. The fourth-order valence-electron chi connectivity index (χ4n) is 2.41. The molecule has 142 valence electrons. The van der Waals surface area contributed by atoms with Crippen molar-refractivity contribution < 1.29 is 26.3 Å². The molecule has 0 bridgehead atoms. The molecule has 2 heterocycles. The van der Waals surface area contributed by atoms with Crippen LogP contribution in [-0.4, -0.2) is 30.1 Å². The number of para-hydroxylation sites is 1. The van der Waals surface area contributed by atoms with Gasteiger partial charge in [-0.25, -0.2) is 23.5 Å². The van der Waals surface area contributed by atoms with Crippen molar-refractivity contribution in [2.24, 2.45) is 5.14 Å². The average molecular weight is 398 g/mol. The van der Waals surface area contributed by atoms with E-state index in [1.54, 1.807) is 0 Å². The van der Waals surface area contributed by atoms with Crippen molar-refractivity contribution in [3.8, 4) is 23.0 Å². The summed E-state index contributed by atoms with van der Waals surface area (Å²) < 4.78 is 69.3. The Labute approximate surface area is 152 Å². The van der Waals surface area contributed by atoms with Gasteiger partial charge in [0.05, 0.1) is 19.0 Å². The fourth-order valence-corrected chi connectivity index (χ4v) is 3.14. The molecule has 3 rings (SSSR count). The highest BCUT2D eigenvalue weighted by atomic mass is 32.2. The number of rotatable bonds is 4. The van der Waals surface area contributed by atoms with Crippen molar-refractivity contribution >= 4 is 10.0 Å². The molecule has 7 nitrogen and oxygen atoms in total. The van der Waals surface area contributed by atoms with Crippen molar-refractivity contribution in [1.29, 1.82) is 0 Å². The number of pyridine rings is 1. The van der Waals surface area contributed by atoms with E-state index in [9.17, 15) is 21.6 Å². The summed E-state index contributed by atoms with van der Waals surface area (Å²) in [4.78, 5) is 7.30. The summed E-state index contributed by atoms with van der Waals surface area (Å²) in [5, 5.41) is 5.20. The third kappa shape index (κ3) is 3.78. The van der Waals surface area contributed by atoms with Crippen LogP contribution in [0.4, 0.5) is 13.2 Å². The number of nitrogens with zero attached hydrogens (tertiary/aromatic N) is 3. The van der Waals surface area contributed by atoms with Crippen LogP contribution >= 0.6 is 0 Å². The molecule has 0 atom stereocenters. The molecule has 11 heteroatoms. The Morgan fingerprint density at radius 3 is 2.41 bits per heavy atom. The highest BCUT2D eigenvalue weighted by Crippen LogP contribution is 2.33. The number of nitrogens with two attached hydrogens (primary N) is 1. The van der Waals surface area contributed by atoms with E-state index in [4.69, 9.17) is 9.88 Å². The second-order valence-corrected chi connectivity index (χ2v) is 6.94. The molecule has 0 aliphatic carbocycles. The summed E-state index contributed by atoms with van der Waals surface area (Å²) in [7, 11) is -2.77. The van der Waals surface area contributed by atoms with E-state index >= 15 is 0 Å². The standard InChI is InChI=1S/C16H13F3N4O3S/c1-26-10-6-7-11(21-8-10)15-22-14(16(17,18)19)9-23(15)12-4-2-3-5-13(12)27(20,24)25/h2-9H,1H3,(H2,20,24,25). The molecule has 0 unspecified atom stereocenters. The van der Waals surface area contributed by atoms with Crippen LogP contribution in [0.15, 0.2) is 53.7 Å². The molecule has 3 aromatic rings. The first-order chi connectivity index (χ1) is 12.6. The predicted molar refractivity (Wildman–Crippen MR) is 89.7 cm³/mol. The quantitative estimate of drug-likeness (QED) is 0.728. The van der Waals surface area contributed by atoms with Gasteiger partial charge in [-0.1, -0.05) is 12.1 Å². The van der Waals surface area contributed by atoms with Gasteiger partial charge in [0.15, 0.2) is 11.5 Å². The number of hydrogen-bond donors (Lipinski definition) is 1. The van der Waals surface area contributed by atoms with Gasteiger partial charge in [-0.3, -0.25) is 4.57 Å². The highest BCUT2D eigenvalue weighted by Gasteiger charge is 2.36. The molecule has 0 aliphatic heterocycles. The van der Waals surface area contributed by atoms with Crippen LogP contribution in [0.3, 0.4) is 0 Å². The molecule has 0 saturated carbocycles. The molecule has 27 heavy (non-hydrogen) atoms. The van der Waals surface area contributed by atoms with E-state index in [1.807, 2.05) is 0 Å². The van der Waals surface area contributed by atoms with Crippen molar-refractivity contribution in [1.82, 2.24) is 14.5 Å². The van der Waals surface area contributed by atoms with Crippen molar-refractivity contribution in [3.05, 3.63) is 54.5 Å². The number of hydrogen-bond acceptors (Lipinski definition) is 5. The summed E-state index contributed by atoms with van der Waals surface area (Å²) in [6, 6.07) is 8.33. The van der Waals surface area contributed by atoms with Gasteiger partial charge in [-0.2, -0.15) is 13.2 Å². The van der Waals surface area contributed by atoms with Gasteiger partial charge >= 0.3 is 6.18 Å². The fraction of sp³-hybridized carbons (Fsp3) is 0.125. The lowest BCUT2D eigenvalue weighted by Gasteiger charge is -2.11. The summed E-state index contributed by atoms with van der Waals surface area (Å²) in [5.74, 6) is 0.207. The summed E-state index contributed by atoms with van der Waals surface area (Å²) >= 11 is 0. The minimum atomic E-state index is -4.73. The number of benzene rings is 1. The Hall–Kier alpha value is -2.92. The minimum absolute atomic E-state index is 0.0735. The maximum atomic E-state index is 13.2. The topological polar surface area (TPSA) is 100 Å². The number of ether oxygens (including phenoxy) is 1. The van der Waals surface area contributed by atoms with Gasteiger partial charge in [0.2, 0.25) is 10.0 Å². The molecule has 0 amide bonds.